The molecule has 1 atom stereocenters. The number of carbonyl (C=O) groups excluding carboxylic acids is 1. The second-order valence-corrected chi connectivity index (χ2v) is 5.79. The van der Waals surface area contributed by atoms with Crippen molar-refractivity contribution < 1.29 is 9.18 Å². The fourth-order valence-electron chi connectivity index (χ4n) is 2.02. The van der Waals surface area contributed by atoms with Gasteiger partial charge in [-0.1, -0.05) is 6.92 Å². The molecule has 2 rings (SSSR count). The Morgan fingerprint density at radius 2 is 2.30 bits per heavy atom. The van der Waals surface area contributed by atoms with E-state index < -0.39 is 6.04 Å². The number of hydrogen-bond acceptors (Lipinski definition) is 2. The van der Waals surface area contributed by atoms with Gasteiger partial charge in [0.25, 0.3) is 0 Å². The molecule has 2 aromatic rings. The summed E-state index contributed by atoms with van der Waals surface area (Å²) < 4.78 is 16.0. The molecule has 1 aromatic carbocycles. The standard InChI is InChI=1S/C13H15BrFN3OS/c1-3-4-16-12(19)7(2)18-11-5-8(14)9(15)6-10(11)17-13(18)20/h5-7H,3-4H2,1-2H3,(H,16,19)(H,17,20). The zero-order valence-electron chi connectivity index (χ0n) is 11.2. The van der Waals surface area contributed by atoms with Crippen LogP contribution in [0.2, 0.25) is 0 Å². The number of rotatable bonds is 4. The first kappa shape index (κ1) is 15.2. The normalized spacial score (nSPS) is 12.6. The molecule has 4 nitrogen and oxygen atoms in total. The monoisotopic (exact) mass is 359 g/mol. The van der Waals surface area contributed by atoms with Gasteiger partial charge >= 0.3 is 0 Å². The summed E-state index contributed by atoms with van der Waals surface area (Å²) in [7, 11) is 0. The molecule has 2 N–H and O–H groups in total. The van der Waals surface area contributed by atoms with Crippen molar-refractivity contribution in [2.45, 2.75) is 26.3 Å². The molecule has 0 saturated carbocycles. The van der Waals surface area contributed by atoms with E-state index in [-0.39, 0.29) is 11.7 Å². The number of amides is 1. The number of benzene rings is 1. The van der Waals surface area contributed by atoms with Crippen LogP contribution in [0.1, 0.15) is 26.3 Å². The summed E-state index contributed by atoms with van der Waals surface area (Å²) in [6.45, 7) is 4.38. The van der Waals surface area contributed by atoms with E-state index in [0.717, 1.165) is 6.42 Å². The lowest BCUT2D eigenvalue weighted by molar-refractivity contribution is -0.123. The maximum atomic E-state index is 13.5. The molecule has 20 heavy (non-hydrogen) atoms. The van der Waals surface area contributed by atoms with Crippen LogP contribution in [0.3, 0.4) is 0 Å². The largest absolute Gasteiger partial charge is 0.354 e. The smallest absolute Gasteiger partial charge is 0.242 e. The van der Waals surface area contributed by atoms with Gasteiger partial charge in [0.05, 0.1) is 15.5 Å². The lowest BCUT2D eigenvalue weighted by Gasteiger charge is -2.14. The topological polar surface area (TPSA) is 49.8 Å². The van der Waals surface area contributed by atoms with Gasteiger partial charge in [0, 0.05) is 12.6 Å². The van der Waals surface area contributed by atoms with Gasteiger partial charge < -0.3 is 14.9 Å². The summed E-state index contributed by atoms with van der Waals surface area (Å²) in [5.74, 6) is -0.478. The average molecular weight is 360 g/mol. The molecule has 0 spiro atoms. The van der Waals surface area contributed by atoms with E-state index in [1.807, 2.05) is 6.92 Å². The Balaban J connectivity index is 2.48. The van der Waals surface area contributed by atoms with Crippen molar-refractivity contribution in [2.24, 2.45) is 0 Å². The highest BCUT2D eigenvalue weighted by molar-refractivity contribution is 9.10. The molecule has 0 aliphatic heterocycles. The van der Waals surface area contributed by atoms with Crippen molar-refractivity contribution in [3.05, 3.63) is 27.2 Å². The molecule has 0 aliphatic rings. The van der Waals surface area contributed by atoms with Crippen molar-refractivity contribution in [2.75, 3.05) is 6.54 Å². The molecule has 0 saturated heterocycles. The van der Waals surface area contributed by atoms with Crippen LogP contribution >= 0.6 is 28.1 Å². The number of imidazole rings is 1. The average Bonchev–Trinajstić information content (AvgIpc) is 2.71. The number of fused-ring (bicyclic) bond motifs is 1. The maximum Gasteiger partial charge on any atom is 0.242 e. The van der Waals surface area contributed by atoms with Gasteiger partial charge in [-0.25, -0.2) is 4.39 Å². The first-order chi connectivity index (χ1) is 9.45. The zero-order chi connectivity index (χ0) is 14.9. The molecule has 0 radical (unpaired) electrons. The van der Waals surface area contributed by atoms with Crippen molar-refractivity contribution in [3.8, 4) is 0 Å². The van der Waals surface area contributed by atoms with E-state index in [0.29, 0.717) is 26.8 Å². The third kappa shape index (κ3) is 2.78. The Hall–Kier alpha value is -1.21. The minimum absolute atomic E-state index is 0.107. The van der Waals surface area contributed by atoms with Crippen LogP contribution in [0.4, 0.5) is 4.39 Å². The second-order valence-electron chi connectivity index (χ2n) is 4.55. The van der Waals surface area contributed by atoms with E-state index in [9.17, 15) is 9.18 Å². The first-order valence-electron chi connectivity index (χ1n) is 6.32. The summed E-state index contributed by atoms with van der Waals surface area (Å²) in [5.41, 5.74) is 1.27. The Labute approximate surface area is 129 Å². The van der Waals surface area contributed by atoms with Gasteiger partial charge in [-0.3, -0.25) is 4.79 Å². The van der Waals surface area contributed by atoms with Gasteiger partial charge in [0.2, 0.25) is 5.91 Å². The number of H-pyrrole nitrogens is 1. The van der Waals surface area contributed by atoms with Crippen LogP contribution in [-0.4, -0.2) is 22.0 Å². The fraction of sp³-hybridized carbons (Fsp3) is 0.385. The minimum atomic E-state index is -0.458. The third-order valence-electron chi connectivity index (χ3n) is 3.07. The lowest BCUT2D eigenvalue weighted by atomic mass is 10.2. The summed E-state index contributed by atoms with van der Waals surface area (Å²) in [4.78, 5) is 15.0. The van der Waals surface area contributed by atoms with Gasteiger partial charge in [0.15, 0.2) is 4.77 Å². The van der Waals surface area contributed by atoms with Crippen LogP contribution in [0.15, 0.2) is 16.6 Å². The Morgan fingerprint density at radius 1 is 1.60 bits per heavy atom. The van der Waals surface area contributed by atoms with E-state index in [4.69, 9.17) is 12.2 Å². The van der Waals surface area contributed by atoms with Gasteiger partial charge in [-0.2, -0.15) is 0 Å². The number of halogens is 2. The molecular weight excluding hydrogens is 345 g/mol. The molecule has 1 heterocycles. The predicted molar refractivity (Wildman–Crippen MR) is 82.8 cm³/mol. The van der Waals surface area contributed by atoms with Gasteiger partial charge in [0.1, 0.15) is 11.9 Å². The van der Waals surface area contributed by atoms with Gasteiger partial charge in [-0.15, -0.1) is 0 Å². The summed E-state index contributed by atoms with van der Waals surface area (Å²) in [5, 5.41) is 2.83. The van der Waals surface area contributed by atoms with Crippen molar-refractivity contribution in [1.29, 1.82) is 0 Å². The van der Waals surface area contributed by atoms with E-state index in [1.54, 1.807) is 17.6 Å². The highest BCUT2D eigenvalue weighted by atomic mass is 79.9. The second kappa shape index (κ2) is 6.05. The van der Waals surface area contributed by atoms with E-state index >= 15 is 0 Å². The molecular formula is C13H15BrFN3OS. The number of aromatic amines is 1. The molecule has 7 heteroatoms. The minimum Gasteiger partial charge on any atom is -0.354 e. The molecule has 1 unspecified atom stereocenters. The highest BCUT2D eigenvalue weighted by Crippen LogP contribution is 2.25. The Morgan fingerprint density at radius 3 is 2.95 bits per heavy atom. The molecule has 0 aliphatic carbocycles. The maximum absolute atomic E-state index is 13.5. The number of aromatic nitrogens is 2. The van der Waals surface area contributed by atoms with Crippen LogP contribution < -0.4 is 5.32 Å². The number of nitrogens with zero attached hydrogens (tertiary/aromatic N) is 1. The van der Waals surface area contributed by atoms with E-state index in [1.165, 1.54) is 6.07 Å². The molecule has 1 amide bonds. The summed E-state index contributed by atoms with van der Waals surface area (Å²) >= 11 is 8.39. The summed E-state index contributed by atoms with van der Waals surface area (Å²) in [6.07, 6.45) is 0.870. The number of hydrogen-bond donors (Lipinski definition) is 2. The predicted octanol–water partition coefficient (Wildman–Crippen LogP) is 3.69. The molecule has 0 bridgehead atoms. The summed E-state index contributed by atoms with van der Waals surface area (Å²) in [6, 6.07) is 2.53. The van der Waals surface area contributed by atoms with Crippen LogP contribution in [0.5, 0.6) is 0 Å². The fourth-order valence-corrected chi connectivity index (χ4v) is 2.72. The number of carbonyl (C=O) groups is 1. The lowest BCUT2D eigenvalue weighted by Crippen LogP contribution is -2.31. The zero-order valence-corrected chi connectivity index (χ0v) is 13.6. The van der Waals surface area contributed by atoms with Gasteiger partial charge in [-0.05, 0) is 47.6 Å². The van der Waals surface area contributed by atoms with Crippen molar-refractivity contribution in [3.63, 3.8) is 0 Å². The van der Waals surface area contributed by atoms with Crippen LogP contribution in [0, 0.1) is 10.6 Å². The van der Waals surface area contributed by atoms with Crippen LogP contribution in [-0.2, 0) is 4.79 Å². The first-order valence-corrected chi connectivity index (χ1v) is 7.52. The quantitative estimate of drug-likeness (QED) is 0.817. The third-order valence-corrected chi connectivity index (χ3v) is 3.98. The molecule has 1 aromatic heterocycles. The van der Waals surface area contributed by atoms with E-state index in [2.05, 4.69) is 26.2 Å². The SMILES string of the molecule is CCCNC(=O)C(C)n1c(=S)[nH]c2cc(F)c(Br)cc21. The van der Waals surface area contributed by atoms with Crippen molar-refractivity contribution >= 4 is 45.1 Å². The Kier molecular flexibility index (Phi) is 4.59. The van der Waals surface area contributed by atoms with Crippen LogP contribution in [0.25, 0.3) is 11.0 Å². The Bertz CT molecular complexity index is 709. The number of nitrogens with one attached hydrogen (secondary N) is 2. The molecule has 108 valence electrons. The highest BCUT2D eigenvalue weighted by Gasteiger charge is 2.19. The molecule has 0 fully saturated rings. The van der Waals surface area contributed by atoms with Crippen molar-refractivity contribution in [1.82, 2.24) is 14.9 Å².